The average molecular weight is 465 g/mol. The number of aryl methyl sites for hydroxylation is 2. The van der Waals surface area contributed by atoms with Crippen molar-refractivity contribution < 1.29 is 0 Å². The molecule has 0 atom stereocenters. The number of benzene rings is 2. The Kier molecular flexibility index (Phi) is 5.86. The van der Waals surface area contributed by atoms with E-state index in [2.05, 4.69) is 58.5 Å². The van der Waals surface area contributed by atoms with Gasteiger partial charge in [-0.1, -0.05) is 47.5 Å². The first-order valence-electron chi connectivity index (χ1n) is 10.4. The van der Waals surface area contributed by atoms with Gasteiger partial charge in [0.15, 0.2) is 0 Å². The zero-order chi connectivity index (χ0) is 21.3. The van der Waals surface area contributed by atoms with E-state index in [-0.39, 0.29) is 5.56 Å². The third kappa shape index (κ3) is 3.60. The first-order valence-corrected chi connectivity index (χ1v) is 11.2. The van der Waals surface area contributed by atoms with Gasteiger partial charge in [-0.25, -0.2) is 4.98 Å². The van der Waals surface area contributed by atoms with Gasteiger partial charge in [0.2, 0.25) is 0 Å². The van der Waals surface area contributed by atoms with Crippen molar-refractivity contribution in [1.29, 1.82) is 0 Å². The molecule has 0 saturated heterocycles. The molecule has 6 heteroatoms. The normalized spacial score (nSPS) is 11.9. The van der Waals surface area contributed by atoms with E-state index in [1.54, 1.807) is 0 Å². The fourth-order valence-corrected chi connectivity index (χ4v) is 4.32. The molecule has 2 heterocycles. The Labute approximate surface area is 184 Å². The Morgan fingerprint density at radius 1 is 1.13 bits per heavy atom. The zero-order valence-electron chi connectivity index (χ0n) is 17.5. The second kappa shape index (κ2) is 8.56. The molecular formula is C24H25BrN4O. The van der Waals surface area contributed by atoms with Crippen LogP contribution in [0, 0.1) is 6.92 Å². The van der Waals surface area contributed by atoms with Crippen molar-refractivity contribution in [2.24, 2.45) is 5.10 Å². The van der Waals surface area contributed by atoms with Crippen LogP contribution >= 0.6 is 15.9 Å². The third-order valence-corrected chi connectivity index (χ3v) is 6.02. The molecule has 0 unspecified atom stereocenters. The van der Waals surface area contributed by atoms with Crippen molar-refractivity contribution in [2.75, 3.05) is 0 Å². The van der Waals surface area contributed by atoms with E-state index in [4.69, 9.17) is 4.98 Å². The molecule has 0 saturated carbocycles. The highest BCUT2D eigenvalue weighted by Gasteiger charge is 2.13. The molecule has 0 spiro atoms. The lowest BCUT2D eigenvalue weighted by Gasteiger charge is -2.09. The van der Waals surface area contributed by atoms with Crippen LogP contribution in [0.1, 0.15) is 43.8 Å². The average Bonchev–Trinajstić information content (AvgIpc) is 3.03. The summed E-state index contributed by atoms with van der Waals surface area (Å²) in [6.45, 7) is 7.25. The maximum Gasteiger partial charge on any atom is 0.282 e. The van der Waals surface area contributed by atoms with Crippen molar-refractivity contribution >= 4 is 44.0 Å². The minimum Gasteiger partial charge on any atom is -0.344 e. The molecule has 2 aromatic heterocycles. The van der Waals surface area contributed by atoms with Crippen LogP contribution in [-0.4, -0.2) is 20.4 Å². The molecule has 0 fully saturated rings. The van der Waals surface area contributed by atoms with Crippen LogP contribution in [0.5, 0.6) is 0 Å². The van der Waals surface area contributed by atoms with Gasteiger partial charge in [0, 0.05) is 39.6 Å². The van der Waals surface area contributed by atoms with Crippen LogP contribution in [0.4, 0.5) is 0 Å². The number of aromatic nitrogens is 3. The Bertz CT molecular complexity index is 1320. The Balaban J connectivity index is 1.90. The highest BCUT2D eigenvalue weighted by Crippen LogP contribution is 2.24. The number of hydrogen-bond donors (Lipinski definition) is 0. The lowest BCUT2D eigenvalue weighted by Crippen LogP contribution is -2.22. The maximum absolute atomic E-state index is 13.3. The molecule has 0 aliphatic rings. The Hall–Kier alpha value is -2.73. The number of rotatable bonds is 6. The number of para-hydroxylation sites is 1. The largest absolute Gasteiger partial charge is 0.344 e. The summed E-state index contributed by atoms with van der Waals surface area (Å²) in [4.78, 5) is 18.0. The summed E-state index contributed by atoms with van der Waals surface area (Å²) in [7, 11) is 0. The fraction of sp³-hybridized carbons (Fsp3) is 0.292. The highest BCUT2D eigenvalue weighted by atomic mass is 79.9. The van der Waals surface area contributed by atoms with Crippen LogP contribution < -0.4 is 5.56 Å². The first-order chi connectivity index (χ1) is 14.5. The fourth-order valence-electron chi connectivity index (χ4n) is 3.95. The number of hydrogen-bond acceptors (Lipinski definition) is 3. The SMILES string of the molecule is CCCCc1nc2ccc(Br)cc2c(=O)n1N=Cc1c(C)n(CC)c2ccccc12. The van der Waals surface area contributed by atoms with Gasteiger partial charge in [0.05, 0.1) is 17.1 Å². The smallest absolute Gasteiger partial charge is 0.282 e. The molecule has 0 aliphatic carbocycles. The first kappa shape index (κ1) is 20.5. The summed E-state index contributed by atoms with van der Waals surface area (Å²) in [6, 6.07) is 13.9. The van der Waals surface area contributed by atoms with E-state index < -0.39 is 0 Å². The lowest BCUT2D eigenvalue weighted by molar-refractivity contribution is 0.675. The standard InChI is InChI=1S/C24H25BrN4O/c1-4-6-11-23-27-21-13-12-17(25)14-19(21)24(30)29(23)26-15-20-16(3)28(5-2)22-10-8-7-9-18(20)22/h7-10,12-15H,4-6,11H2,1-3H3. The molecule has 30 heavy (non-hydrogen) atoms. The lowest BCUT2D eigenvalue weighted by atomic mass is 10.1. The second-order valence-electron chi connectivity index (χ2n) is 7.42. The Morgan fingerprint density at radius 2 is 1.93 bits per heavy atom. The molecule has 0 radical (unpaired) electrons. The molecule has 0 amide bonds. The summed E-state index contributed by atoms with van der Waals surface area (Å²) in [5, 5.41) is 6.36. The van der Waals surface area contributed by atoms with E-state index in [1.807, 2.05) is 36.5 Å². The second-order valence-corrected chi connectivity index (χ2v) is 8.33. The van der Waals surface area contributed by atoms with Crippen LogP contribution in [0.25, 0.3) is 21.8 Å². The summed E-state index contributed by atoms with van der Waals surface area (Å²) >= 11 is 3.46. The van der Waals surface area contributed by atoms with Gasteiger partial charge in [-0.05, 0) is 44.5 Å². The van der Waals surface area contributed by atoms with Crippen molar-refractivity contribution in [1.82, 2.24) is 14.2 Å². The van der Waals surface area contributed by atoms with Gasteiger partial charge in [-0.2, -0.15) is 9.78 Å². The highest BCUT2D eigenvalue weighted by molar-refractivity contribution is 9.10. The minimum atomic E-state index is -0.138. The third-order valence-electron chi connectivity index (χ3n) is 5.53. The summed E-state index contributed by atoms with van der Waals surface area (Å²) < 4.78 is 4.60. The van der Waals surface area contributed by atoms with Gasteiger partial charge >= 0.3 is 0 Å². The van der Waals surface area contributed by atoms with Crippen LogP contribution in [-0.2, 0) is 13.0 Å². The molecule has 2 aromatic carbocycles. The van der Waals surface area contributed by atoms with Crippen LogP contribution in [0.2, 0.25) is 0 Å². The van der Waals surface area contributed by atoms with Gasteiger partial charge < -0.3 is 4.57 Å². The van der Waals surface area contributed by atoms with Crippen molar-refractivity contribution in [3.8, 4) is 0 Å². The zero-order valence-corrected chi connectivity index (χ0v) is 19.1. The van der Waals surface area contributed by atoms with E-state index in [0.29, 0.717) is 23.1 Å². The topological polar surface area (TPSA) is 52.2 Å². The molecule has 0 bridgehead atoms. The molecule has 0 N–H and O–H groups in total. The van der Waals surface area contributed by atoms with E-state index in [1.165, 1.54) is 10.2 Å². The predicted molar refractivity (Wildman–Crippen MR) is 128 cm³/mol. The summed E-state index contributed by atoms with van der Waals surface area (Å²) in [5.41, 5.74) is 3.93. The van der Waals surface area contributed by atoms with E-state index in [0.717, 1.165) is 40.5 Å². The molecule has 0 aliphatic heterocycles. The van der Waals surface area contributed by atoms with Gasteiger partial charge in [-0.15, -0.1) is 0 Å². The molecule has 4 rings (SSSR count). The predicted octanol–water partition coefficient (Wildman–Crippen LogP) is 5.67. The van der Waals surface area contributed by atoms with Crippen LogP contribution in [0.3, 0.4) is 0 Å². The quantitative estimate of drug-likeness (QED) is 0.345. The number of fused-ring (bicyclic) bond motifs is 2. The summed E-state index contributed by atoms with van der Waals surface area (Å²) in [6.07, 6.45) is 4.51. The minimum absolute atomic E-state index is 0.138. The van der Waals surface area contributed by atoms with Crippen LogP contribution in [0.15, 0.2) is 56.8 Å². The van der Waals surface area contributed by atoms with Gasteiger partial charge in [-0.3, -0.25) is 4.79 Å². The van der Waals surface area contributed by atoms with Gasteiger partial charge in [0.25, 0.3) is 5.56 Å². The molecule has 5 nitrogen and oxygen atoms in total. The van der Waals surface area contributed by atoms with Gasteiger partial charge in [0.1, 0.15) is 5.82 Å². The number of nitrogens with zero attached hydrogens (tertiary/aromatic N) is 4. The molecular weight excluding hydrogens is 440 g/mol. The molecule has 4 aromatic rings. The molecule has 154 valence electrons. The monoisotopic (exact) mass is 464 g/mol. The number of unbranched alkanes of at least 4 members (excludes halogenated alkanes) is 1. The summed E-state index contributed by atoms with van der Waals surface area (Å²) in [5.74, 6) is 0.699. The van der Waals surface area contributed by atoms with E-state index in [9.17, 15) is 4.79 Å². The number of halogens is 1. The van der Waals surface area contributed by atoms with E-state index >= 15 is 0 Å². The van der Waals surface area contributed by atoms with Crippen molar-refractivity contribution in [3.63, 3.8) is 0 Å². The van der Waals surface area contributed by atoms with Crippen molar-refractivity contribution in [3.05, 3.63) is 74.4 Å². The maximum atomic E-state index is 13.3. The Morgan fingerprint density at radius 3 is 2.70 bits per heavy atom. The van der Waals surface area contributed by atoms with Crippen molar-refractivity contribution in [2.45, 2.75) is 46.6 Å².